The Hall–Kier alpha value is -3.01. The second-order valence-electron chi connectivity index (χ2n) is 11.0. The fraction of sp³-hybridized carbons (Fsp3) is 0.500. The van der Waals surface area contributed by atoms with Crippen LogP contribution in [0.5, 0.6) is 0 Å². The summed E-state index contributed by atoms with van der Waals surface area (Å²) in [4.78, 5) is 43.8. The number of carbonyl (C=O) groups excluding carboxylic acids is 3. The van der Waals surface area contributed by atoms with Gasteiger partial charge in [-0.05, 0) is 56.0 Å². The first-order valence-electron chi connectivity index (χ1n) is 13.8. The fourth-order valence-electron chi connectivity index (χ4n) is 5.06. The molecule has 218 valence electrons. The van der Waals surface area contributed by atoms with Crippen molar-refractivity contribution >= 4 is 29.3 Å². The first-order valence-corrected chi connectivity index (χ1v) is 14.2. The molecule has 4 N–H and O–H groups in total. The van der Waals surface area contributed by atoms with Crippen LogP contribution in [0.2, 0.25) is 5.02 Å². The number of nitrogens with zero attached hydrogens (tertiary/aromatic N) is 2. The molecule has 1 aliphatic heterocycles. The van der Waals surface area contributed by atoms with Crippen LogP contribution in [0.1, 0.15) is 44.7 Å². The molecule has 0 saturated carbocycles. The summed E-state index contributed by atoms with van der Waals surface area (Å²) in [7, 11) is 1.62. The third kappa shape index (κ3) is 8.25. The Morgan fingerprint density at radius 3 is 2.38 bits per heavy atom. The van der Waals surface area contributed by atoms with Crippen molar-refractivity contribution in [2.75, 3.05) is 26.7 Å². The molecule has 1 aliphatic rings. The predicted molar refractivity (Wildman–Crippen MR) is 155 cm³/mol. The Kier molecular flexibility index (Phi) is 11.1. The SMILES string of the molecule is CCCC1CN(C(Cc2ccccc2Cl)C(=O)NC)CCN1C(=O)C(Cc1ccc(F)cc1)NC(=O)C(C)(C)N. The lowest BCUT2D eigenvalue weighted by molar-refractivity contribution is -0.143. The predicted octanol–water partition coefficient (Wildman–Crippen LogP) is 2.91. The highest BCUT2D eigenvalue weighted by molar-refractivity contribution is 6.31. The molecule has 1 fully saturated rings. The van der Waals surface area contributed by atoms with Gasteiger partial charge in [-0.3, -0.25) is 19.3 Å². The molecule has 3 rings (SSSR count). The molecule has 3 amide bonds. The molecule has 0 radical (unpaired) electrons. The van der Waals surface area contributed by atoms with Crippen LogP contribution in [0.15, 0.2) is 48.5 Å². The maximum absolute atomic E-state index is 14.0. The van der Waals surface area contributed by atoms with E-state index < -0.39 is 23.5 Å². The van der Waals surface area contributed by atoms with Crippen molar-refractivity contribution < 1.29 is 18.8 Å². The highest BCUT2D eigenvalue weighted by atomic mass is 35.5. The van der Waals surface area contributed by atoms with Crippen molar-refractivity contribution in [3.63, 3.8) is 0 Å². The van der Waals surface area contributed by atoms with E-state index in [2.05, 4.69) is 22.5 Å². The monoisotopic (exact) mass is 573 g/mol. The molecule has 3 unspecified atom stereocenters. The molecular weight excluding hydrogens is 533 g/mol. The largest absolute Gasteiger partial charge is 0.358 e. The van der Waals surface area contributed by atoms with Crippen molar-refractivity contribution in [3.05, 3.63) is 70.5 Å². The average molecular weight is 574 g/mol. The van der Waals surface area contributed by atoms with Gasteiger partial charge in [-0.25, -0.2) is 4.39 Å². The van der Waals surface area contributed by atoms with Crippen LogP contribution < -0.4 is 16.4 Å². The number of nitrogens with two attached hydrogens (primary N) is 1. The molecule has 3 atom stereocenters. The van der Waals surface area contributed by atoms with E-state index in [1.807, 2.05) is 29.2 Å². The van der Waals surface area contributed by atoms with E-state index in [0.29, 0.717) is 31.1 Å². The van der Waals surface area contributed by atoms with Crippen LogP contribution in [-0.2, 0) is 27.2 Å². The Balaban J connectivity index is 1.84. The van der Waals surface area contributed by atoms with E-state index in [9.17, 15) is 18.8 Å². The number of benzene rings is 2. The number of likely N-dealkylation sites (N-methyl/N-ethyl adjacent to an activating group) is 1. The van der Waals surface area contributed by atoms with Crippen molar-refractivity contribution in [1.29, 1.82) is 0 Å². The summed E-state index contributed by atoms with van der Waals surface area (Å²) in [5.74, 6) is -1.15. The lowest BCUT2D eigenvalue weighted by atomic mass is 9.97. The zero-order chi connectivity index (χ0) is 29.4. The van der Waals surface area contributed by atoms with E-state index in [1.54, 1.807) is 33.0 Å². The number of halogens is 2. The maximum atomic E-state index is 14.0. The van der Waals surface area contributed by atoms with Crippen molar-refractivity contribution in [3.8, 4) is 0 Å². The quantitative estimate of drug-likeness (QED) is 0.383. The molecule has 1 saturated heterocycles. The van der Waals surface area contributed by atoms with Gasteiger partial charge in [-0.1, -0.05) is 55.3 Å². The fourth-order valence-corrected chi connectivity index (χ4v) is 5.27. The van der Waals surface area contributed by atoms with Gasteiger partial charge in [0.15, 0.2) is 0 Å². The van der Waals surface area contributed by atoms with Gasteiger partial charge in [0.2, 0.25) is 17.7 Å². The van der Waals surface area contributed by atoms with E-state index in [4.69, 9.17) is 17.3 Å². The van der Waals surface area contributed by atoms with Gasteiger partial charge in [-0.15, -0.1) is 0 Å². The maximum Gasteiger partial charge on any atom is 0.245 e. The minimum atomic E-state index is -1.18. The lowest BCUT2D eigenvalue weighted by Crippen LogP contribution is -2.64. The topological polar surface area (TPSA) is 108 Å². The summed E-state index contributed by atoms with van der Waals surface area (Å²) in [5.41, 5.74) is 6.45. The zero-order valence-electron chi connectivity index (χ0n) is 23.8. The first kappa shape index (κ1) is 31.5. The normalized spacial score (nSPS) is 17.7. The second-order valence-corrected chi connectivity index (χ2v) is 11.4. The van der Waals surface area contributed by atoms with E-state index >= 15 is 0 Å². The molecule has 1 heterocycles. The Morgan fingerprint density at radius 1 is 1.10 bits per heavy atom. The molecule has 0 aromatic heterocycles. The molecule has 10 heteroatoms. The minimum Gasteiger partial charge on any atom is -0.358 e. The van der Waals surface area contributed by atoms with Crippen molar-refractivity contribution in [1.82, 2.24) is 20.4 Å². The number of rotatable bonds is 11. The molecule has 40 heavy (non-hydrogen) atoms. The number of carbonyl (C=O) groups is 3. The summed E-state index contributed by atoms with van der Waals surface area (Å²) in [5, 5.41) is 6.23. The first-order chi connectivity index (χ1) is 18.9. The highest BCUT2D eigenvalue weighted by Crippen LogP contribution is 2.23. The van der Waals surface area contributed by atoms with Crippen LogP contribution >= 0.6 is 11.6 Å². The Labute approximate surface area is 241 Å². The van der Waals surface area contributed by atoms with Gasteiger partial charge in [0.1, 0.15) is 11.9 Å². The number of hydrogen-bond donors (Lipinski definition) is 3. The molecule has 0 spiro atoms. The van der Waals surface area contributed by atoms with Crippen LogP contribution in [0.4, 0.5) is 4.39 Å². The van der Waals surface area contributed by atoms with Gasteiger partial charge >= 0.3 is 0 Å². The van der Waals surface area contributed by atoms with Gasteiger partial charge in [0.05, 0.1) is 11.6 Å². The van der Waals surface area contributed by atoms with Gasteiger partial charge in [-0.2, -0.15) is 0 Å². The summed E-state index contributed by atoms with van der Waals surface area (Å²) < 4.78 is 13.5. The van der Waals surface area contributed by atoms with Gasteiger partial charge in [0.25, 0.3) is 0 Å². The summed E-state index contributed by atoms with van der Waals surface area (Å²) in [6.07, 6.45) is 2.21. The standard InChI is InChI=1S/C30H41ClFN5O3/c1-5-8-23-19-36(26(27(38)34-4)18-21-9-6-7-10-24(21)31)15-16-37(23)28(39)25(35-29(40)30(2,3)33)17-20-11-13-22(32)14-12-20/h6-7,9-14,23,25-26H,5,8,15-19,33H2,1-4H3,(H,34,38)(H,35,40). The van der Waals surface area contributed by atoms with Gasteiger partial charge < -0.3 is 21.3 Å². The van der Waals surface area contributed by atoms with Crippen LogP contribution in [-0.4, -0.2) is 77.9 Å². The zero-order valence-corrected chi connectivity index (χ0v) is 24.5. The number of amides is 3. The number of hydrogen-bond acceptors (Lipinski definition) is 5. The Bertz CT molecular complexity index is 1170. The lowest BCUT2D eigenvalue weighted by Gasteiger charge is -2.45. The van der Waals surface area contributed by atoms with E-state index in [0.717, 1.165) is 24.0 Å². The molecule has 2 aromatic rings. The molecular formula is C30H41ClFN5O3. The van der Waals surface area contributed by atoms with Crippen molar-refractivity contribution in [2.45, 2.75) is 70.1 Å². The molecule has 0 aliphatic carbocycles. The third-order valence-electron chi connectivity index (χ3n) is 7.32. The van der Waals surface area contributed by atoms with Crippen LogP contribution in [0.3, 0.4) is 0 Å². The van der Waals surface area contributed by atoms with E-state index in [-0.39, 0.29) is 30.1 Å². The summed E-state index contributed by atoms with van der Waals surface area (Å²) in [6, 6.07) is 11.9. The third-order valence-corrected chi connectivity index (χ3v) is 7.69. The summed E-state index contributed by atoms with van der Waals surface area (Å²) in [6.45, 7) is 6.59. The van der Waals surface area contributed by atoms with Gasteiger partial charge in [0, 0.05) is 44.2 Å². The number of nitrogens with one attached hydrogen (secondary N) is 2. The summed E-state index contributed by atoms with van der Waals surface area (Å²) >= 11 is 6.41. The van der Waals surface area contributed by atoms with E-state index in [1.165, 1.54) is 12.1 Å². The van der Waals surface area contributed by atoms with Crippen LogP contribution in [0, 0.1) is 5.82 Å². The minimum absolute atomic E-state index is 0.110. The Morgan fingerprint density at radius 2 is 1.77 bits per heavy atom. The highest BCUT2D eigenvalue weighted by Gasteiger charge is 2.39. The number of piperazine rings is 1. The molecule has 2 aromatic carbocycles. The second kappa shape index (κ2) is 14.1. The molecule has 0 bridgehead atoms. The smallest absolute Gasteiger partial charge is 0.245 e. The van der Waals surface area contributed by atoms with Crippen LogP contribution in [0.25, 0.3) is 0 Å². The van der Waals surface area contributed by atoms with Crippen molar-refractivity contribution in [2.24, 2.45) is 5.73 Å². The average Bonchev–Trinajstić information content (AvgIpc) is 2.92. The molecule has 8 nitrogen and oxygen atoms in total.